The van der Waals surface area contributed by atoms with Gasteiger partial charge in [-0.2, -0.15) is 0 Å². The Morgan fingerprint density at radius 2 is 2.19 bits per heavy atom. The highest BCUT2D eigenvalue weighted by molar-refractivity contribution is 7.13. The van der Waals surface area contributed by atoms with Crippen LogP contribution in [0.4, 0.5) is 0 Å². The van der Waals surface area contributed by atoms with Gasteiger partial charge in [0.2, 0.25) is 5.43 Å². The summed E-state index contributed by atoms with van der Waals surface area (Å²) in [5.41, 5.74) is 2.51. The van der Waals surface area contributed by atoms with E-state index in [1.165, 1.54) is 17.6 Å². The summed E-state index contributed by atoms with van der Waals surface area (Å²) in [5.74, 6) is 0.215. The van der Waals surface area contributed by atoms with Crippen molar-refractivity contribution in [2.75, 3.05) is 6.54 Å². The van der Waals surface area contributed by atoms with Gasteiger partial charge in [-0.3, -0.25) is 4.79 Å². The van der Waals surface area contributed by atoms with Crippen LogP contribution in [-0.4, -0.2) is 23.5 Å². The fourth-order valence-electron chi connectivity index (χ4n) is 3.93. The number of rotatable bonds is 8. The molecule has 0 radical (unpaired) electrons. The molecule has 3 aromatic rings. The molecule has 7 heteroatoms. The Hall–Kier alpha value is -2.51. The Kier molecular flexibility index (Phi) is 6.83. The van der Waals surface area contributed by atoms with Gasteiger partial charge in [0.05, 0.1) is 10.9 Å². The van der Waals surface area contributed by atoms with E-state index in [1.807, 2.05) is 18.4 Å². The number of esters is 1. The Morgan fingerprint density at radius 1 is 1.32 bits per heavy atom. The number of unbranched alkanes of at least 4 members (excludes halogenated alkanes) is 3. The number of aromatic nitrogens is 1. The maximum absolute atomic E-state index is 13.2. The Balaban J connectivity index is 1.70. The third-order valence-corrected chi connectivity index (χ3v) is 6.65. The highest BCUT2D eigenvalue weighted by atomic mass is 32.1. The van der Waals surface area contributed by atoms with Crippen molar-refractivity contribution in [2.45, 2.75) is 64.8 Å². The van der Waals surface area contributed by atoms with Crippen LogP contribution in [0.15, 0.2) is 33.0 Å². The van der Waals surface area contributed by atoms with Gasteiger partial charge in [-0.25, -0.2) is 9.78 Å². The van der Waals surface area contributed by atoms with E-state index < -0.39 is 0 Å². The second-order valence-corrected chi connectivity index (χ2v) is 8.97. The first-order chi connectivity index (χ1) is 15.1. The summed E-state index contributed by atoms with van der Waals surface area (Å²) in [4.78, 5) is 30.2. The first-order valence-electron chi connectivity index (χ1n) is 11.0. The molecule has 0 aliphatic carbocycles. The summed E-state index contributed by atoms with van der Waals surface area (Å²) in [6, 6.07) is 3.25. The third kappa shape index (κ3) is 4.88. The monoisotopic (exact) mass is 440 g/mol. The van der Waals surface area contributed by atoms with E-state index in [2.05, 4.69) is 17.2 Å². The van der Waals surface area contributed by atoms with Crippen molar-refractivity contribution < 1.29 is 13.9 Å². The van der Waals surface area contributed by atoms with E-state index in [1.54, 1.807) is 6.07 Å². The molecule has 164 valence electrons. The van der Waals surface area contributed by atoms with E-state index in [9.17, 15) is 9.59 Å². The van der Waals surface area contributed by atoms with Crippen LogP contribution in [0.1, 0.15) is 56.7 Å². The van der Waals surface area contributed by atoms with Gasteiger partial charge in [0.15, 0.2) is 0 Å². The van der Waals surface area contributed by atoms with E-state index in [0.29, 0.717) is 27.3 Å². The van der Waals surface area contributed by atoms with Crippen LogP contribution >= 0.6 is 11.3 Å². The molecule has 1 aliphatic heterocycles. The molecule has 1 fully saturated rings. The molecule has 1 aliphatic rings. The van der Waals surface area contributed by atoms with Crippen LogP contribution in [-0.2, 0) is 11.2 Å². The topological polar surface area (TPSA) is 81.4 Å². The second-order valence-electron chi connectivity index (χ2n) is 8.11. The maximum Gasteiger partial charge on any atom is 0.328 e. The molecule has 1 saturated heterocycles. The van der Waals surface area contributed by atoms with Crippen molar-refractivity contribution in [1.82, 2.24) is 10.3 Å². The molecular weight excluding hydrogens is 412 g/mol. The third-order valence-electron chi connectivity index (χ3n) is 5.66. The summed E-state index contributed by atoms with van der Waals surface area (Å²) in [5, 5.41) is 6.24. The van der Waals surface area contributed by atoms with Gasteiger partial charge in [0.1, 0.15) is 28.6 Å². The molecular formula is C24H28N2O4S. The fourth-order valence-corrected chi connectivity index (χ4v) is 4.72. The van der Waals surface area contributed by atoms with Gasteiger partial charge < -0.3 is 14.5 Å². The number of fused-ring (bicyclic) bond motifs is 1. The predicted molar refractivity (Wildman–Crippen MR) is 123 cm³/mol. The Labute approximate surface area is 185 Å². The quantitative estimate of drug-likeness (QED) is 0.301. The Morgan fingerprint density at radius 3 is 2.90 bits per heavy atom. The molecule has 0 amide bonds. The van der Waals surface area contributed by atoms with Gasteiger partial charge >= 0.3 is 5.97 Å². The van der Waals surface area contributed by atoms with E-state index in [-0.39, 0.29) is 17.4 Å². The summed E-state index contributed by atoms with van der Waals surface area (Å²) in [7, 11) is 0. The summed E-state index contributed by atoms with van der Waals surface area (Å²) < 4.78 is 11.6. The van der Waals surface area contributed by atoms with Crippen molar-refractivity contribution >= 4 is 28.3 Å². The zero-order chi connectivity index (χ0) is 21.8. The lowest BCUT2D eigenvalue weighted by atomic mass is 10.0. The van der Waals surface area contributed by atoms with Gasteiger partial charge in [-0.1, -0.05) is 26.2 Å². The lowest BCUT2D eigenvalue weighted by Crippen LogP contribution is -2.34. The molecule has 0 saturated carbocycles. The van der Waals surface area contributed by atoms with E-state index >= 15 is 0 Å². The molecule has 6 nitrogen and oxygen atoms in total. The van der Waals surface area contributed by atoms with Crippen LogP contribution in [0.3, 0.4) is 0 Å². The van der Waals surface area contributed by atoms with Crippen molar-refractivity contribution in [3.63, 3.8) is 0 Å². The van der Waals surface area contributed by atoms with Crippen molar-refractivity contribution in [2.24, 2.45) is 0 Å². The molecule has 4 rings (SSSR count). The average Bonchev–Trinajstić information content (AvgIpc) is 3.44. The second kappa shape index (κ2) is 9.75. The zero-order valence-corrected chi connectivity index (χ0v) is 18.8. The van der Waals surface area contributed by atoms with Crippen LogP contribution in [0.5, 0.6) is 5.75 Å². The smallest absolute Gasteiger partial charge is 0.328 e. The average molecular weight is 441 g/mol. The van der Waals surface area contributed by atoms with Crippen LogP contribution in [0, 0.1) is 6.92 Å². The van der Waals surface area contributed by atoms with E-state index in [4.69, 9.17) is 9.15 Å². The van der Waals surface area contributed by atoms with E-state index in [0.717, 1.165) is 62.7 Å². The number of hydrogen-bond donors (Lipinski definition) is 1. The number of nitrogens with zero attached hydrogens (tertiary/aromatic N) is 1. The minimum Gasteiger partial charge on any atom is -0.463 e. The van der Waals surface area contributed by atoms with Gasteiger partial charge in [-0.05, 0) is 50.8 Å². The van der Waals surface area contributed by atoms with Crippen molar-refractivity contribution in [1.29, 1.82) is 0 Å². The van der Waals surface area contributed by atoms with Gasteiger partial charge in [0.25, 0.3) is 0 Å². The number of thiazole rings is 1. The molecule has 1 N–H and O–H groups in total. The lowest BCUT2D eigenvalue weighted by Gasteiger charge is -2.14. The summed E-state index contributed by atoms with van der Waals surface area (Å²) in [6.45, 7) is 4.90. The normalized spacial score (nSPS) is 16.1. The zero-order valence-electron chi connectivity index (χ0n) is 18.0. The van der Waals surface area contributed by atoms with Crippen LogP contribution < -0.4 is 15.5 Å². The highest BCUT2D eigenvalue weighted by Crippen LogP contribution is 2.30. The summed E-state index contributed by atoms with van der Waals surface area (Å²) >= 11 is 1.43. The number of nitrogens with one attached hydrogen (secondary N) is 1. The van der Waals surface area contributed by atoms with Crippen molar-refractivity contribution in [3.8, 4) is 16.3 Å². The number of aryl methyl sites for hydroxylation is 2. The molecule has 2 aromatic heterocycles. The number of hydrogen-bond acceptors (Lipinski definition) is 7. The van der Waals surface area contributed by atoms with Crippen LogP contribution in [0.25, 0.3) is 21.5 Å². The molecule has 0 spiro atoms. The van der Waals surface area contributed by atoms with Crippen LogP contribution in [0.2, 0.25) is 0 Å². The highest BCUT2D eigenvalue weighted by Gasteiger charge is 2.25. The fraction of sp³-hybridized carbons (Fsp3) is 0.458. The molecule has 1 atom stereocenters. The summed E-state index contributed by atoms with van der Waals surface area (Å²) in [6.07, 6.45) is 8.32. The minimum atomic E-state index is -0.274. The first-order valence-corrected chi connectivity index (χ1v) is 11.9. The number of carbonyl (C=O) groups excluding carboxylic acids is 1. The molecule has 3 heterocycles. The van der Waals surface area contributed by atoms with Gasteiger partial charge in [-0.15, -0.1) is 11.3 Å². The number of ether oxygens (including phenoxy) is 1. The van der Waals surface area contributed by atoms with Gasteiger partial charge in [0, 0.05) is 17.1 Å². The standard InChI is InChI=1S/C24H28N2O4S/c1-3-4-5-6-8-16-11-17-21(12-20(16)30-24(28)19-9-7-10-25-19)29-13-18(22(17)27)23-26-15(2)14-31-23/h11-14,19,25H,3-10H2,1-2H3. The molecule has 0 bridgehead atoms. The number of benzene rings is 1. The Bertz CT molecular complexity index is 1130. The minimum absolute atomic E-state index is 0.110. The molecule has 1 unspecified atom stereocenters. The maximum atomic E-state index is 13.2. The number of carbonyl (C=O) groups is 1. The molecule has 1 aromatic carbocycles. The largest absolute Gasteiger partial charge is 0.463 e. The first kappa shape index (κ1) is 21.7. The SMILES string of the molecule is CCCCCCc1cc2c(=O)c(-c3nc(C)cs3)coc2cc1OC(=O)C1CCCN1. The predicted octanol–water partition coefficient (Wildman–Crippen LogP) is 5.01. The lowest BCUT2D eigenvalue weighted by molar-refractivity contribution is -0.136. The van der Waals surface area contributed by atoms with Crippen molar-refractivity contribution in [3.05, 3.63) is 45.3 Å². The molecule has 31 heavy (non-hydrogen) atoms.